The molecule has 6 heteroatoms. The van der Waals surface area contributed by atoms with Gasteiger partial charge in [0.1, 0.15) is 24.2 Å². The lowest BCUT2D eigenvalue weighted by Gasteiger charge is -2.15. The maximum absolute atomic E-state index is 10.6. The first-order valence-corrected chi connectivity index (χ1v) is 6.52. The van der Waals surface area contributed by atoms with Crippen molar-refractivity contribution >= 4 is 5.91 Å². The van der Waals surface area contributed by atoms with Crippen molar-refractivity contribution in [3.63, 3.8) is 0 Å². The minimum atomic E-state index is -0.566. The molecule has 0 aliphatic rings. The molecule has 0 aliphatic heterocycles. The van der Waals surface area contributed by atoms with E-state index in [9.17, 15) is 9.90 Å². The van der Waals surface area contributed by atoms with Gasteiger partial charge in [0.05, 0.1) is 0 Å². The highest BCUT2D eigenvalue weighted by Gasteiger charge is 2.06. The predicted molar refractivity (Wildman–Crippen MR) is 75.8 cm³/mol. The van der Waals surface area contributed by atoms with Gasteiger partial charge in [-0.1, -0.05) is 13.8 Å². The Kier molecular flexibility index (Phi) is 6.83. The molecule has 0 fully saturated rings. The van der Waals surface area contributed by atoms with E-state index >= 15 is 0 Å². The molecule has 1 aromatic carbocycles. The molecule has 0 radical (unpaired) electrons. The van der Waals surface area contributed by atoms with Crippen LogP contribution in [0.4, 0.5) is 0 Å². The molecule has 1 atom stereocenters. The smallest absolute Gasteiger partial charge is 0.255 e. The second-order valence-electron chi connectivity index (χ2n) is 4.75. The van der Waals surface area contributed by atoms with Crippen LogP contribution in [0.2, 0.25) is 0 Å². The van der Waals surface area contributed by atoms with Crippen LogP contribution in [0.15, 0.2) is 24.3 Å². The lowest BCUT2D eigenvalue weighted by Crippen LogP contribution is -2.35. The van der Waals surface area contributed by atoms with E-state index in [2.05, 4.69) is 5.32 Å². The van der Waals surface area contributed by atoms with Gasteiger partial charge >= 0.3 is 0 Å². The van der Waals surface area contributed by atoms with Crippen molar-refractivity contribution in [3.8, 4) is 11.5 Å². The van der Waals surface area contributed by atoms with Gasteiger partial charge in [0.25, 0.3) is 5.91 Å². The highest BCUT2D eigenvalue weighted by Crippen LogP contribution is 2.17. The molecular weight excluding hydrogens is 260 g/mol. The number of rotatable bonds is 9. The molecule has 0 saturated heterocycles. The van der Waals surface area contributed by atoms with Crippen LogP contribution in [0.3, 0.4) is 0 Å². The zero-order valence-corrected chi connectivity index (χ0v) is 11.8. The molecule has 112 valence electrons. The van der Waals surface area contributed by atoms with Gasteiger partial charge in [-0.05, 0) is 24.3 Å². The van der Waals surface area contributed by atoms with Gasteiger partial charge in [0, 0.05) is 12.6 Å². The number of carbonyl (C=O) groups excluding carboxylic acids is 1. The van der Waals surface area contributed by atoms with Crippen molar-refractivity contribution in [2.45, 2.75) is 26.0 Å². The van der Waals surface area contributed by atoms with Crippen molar-refractivity contribution in [3.05, 3.63) is 24.3 Å². The van der Waals surface area contributed by atoms with Gasteiger partial charge in [0.2, 0.25) is 0 Å². The van der Waals surface area contributed by atoms with Crippen LogP contribution >= 0.6 is 0 Å². The summed E-state index contributed by atoms with van der Waals surface area (Å²) < 4.78 is 10.6. The number of primary amides is 1. The first-order chi connectivity index (χ1) is 9.47. The summed E-state index contributed by atoms with van der Waals surface area (Å²) in [5.41, 5.74) is 4.98. The van der Waals surface area contributed by atoms with E-state index in [0.717, 1.165) is 0 Å². The zero-order chi connectivity index (χ0) is 15.0. The highest BCUT2D eigenvalue weighted by atomic mass is 16.5. The quantitative estimate of drug-likeness (QED) is 0.605. The Morgan fingerprint density at radius 2 is 1.80 bits per heavy atom. The van der Waals surface area contributed by atoms with E-state index in [1.54, 1.807) is 24.3 Å². The predicted octanol–water partition coefficient (Wildman–Crippen LogP) is 0.288. The van der Waals surface area contributed by atoms with Crippen LogP contribution in [0.25, 0.3) is 0 Å². The fourth-order valence-corrected chi connectivity index (χ4v) is 1.41. The summed E-state index contributed by atoms with van der Waals surface area (Å²) in [5, 5.41) is 12.8. The minimum absolute atomic E-state index is 0.153. The Balaban J connectivity index is 2.32. The van der Waals surface area contributed by atoms with Crippen LogP contribution in [0, 0.1) is 0 Å². The van der Waals surface area contributed by atoms with Crippen molar-refractivity contribution in [1.82, 2.24) is 5.32 Å². The number of amides is 1. The Bertz CT molecular complexity index is 406. The fraction of sp³-hybridized carbons (Fsp3) is 0.500. The summed E-state index contributed by atoms with van der Waals surface area (Å²) >= 11 is 0. The molecule has 1 amide bonds. The highest BCUT2D eigenvalue weighted by molar-refractivity contribution is 5.75. The third-order valence-electron chi connectivity index (χ3n) is 2.41. The topological polar surface area (TPSA) is 93.8 Å². The van der Waals surface area contributed by atoms with Crippen LogP contribution in [-0.2, 0) is 4.79 Å². The van der Waals surface area contributed by atoms with Gasteiger partial charge in [-0.2, -0.15) is 0 Å². The maximum atomic E-state index is 10.6. The lowest BCUT2D eigenvalue weighted by atomic mass is 10.3. The van der Waals surface area contributed by atoms with Crippen LogP contribution in [0.5, 0.6) is 11.5 Å². The molecule has 0 heterocycles. The van der Waals surface area contributed by atoms with E-state index in [1.165, 1.54) is 0 Å². The molecule has 1 rings (SSSR count). The monoisotopic (exact) mass is 282 g/mol. The molecule has 0 bridgehead atoms. The molecule has 1 unspecified atom stereocenters. The third kappa shape index (κ3) is 6.96. The fourth-order valence-electron chi connectivity index (χ4n) is 1.41. The van der Waals surface area contributed by atoms with Crippen LogP contribution in [-0.4, -0.2) is 42.9 Å². The van der Waals surface area contributed by atoms with Crippen LogP contribution in [0.1, 0.15) is 13.8 Å². The van der Waals surface area contributed by atoms with Gasteiger partial charge in [-0.25, -0.2) is 0 Å². The summed E-state index contributed by atoms with van der Waals surface area (Å²) in [4.78, 5) is 10.6. The van der Waals surface area contributed by atoms with E-state index in [-0.39, 0.29) is 13.2 Å². The Morgan fingerprint density at radius 3 is 2.30 bits per heavy atom. The Morgan fingerprint density at radius 1 is 1.25 bits per heavy atom. The minimum Gasteiger partial charge on any atom is -0.491 e. The number of nitrogens with two attached hydrogens (primary N) is 1. The van der Waals surface area contributed by atoms with E-state index < -0.39 is 12.0 Å². The number of hydrogen-bond acceptors (Lipinski definition) is 5. The average Bonchev–Trinajstić information content (AvgIpc) is 2.41. The zero-order valence-electron chi connectivity index (χ0n) is 11.8. The van der Waals surface area contributed by atoms with E-state index in [0.29, 0.717) is 24.1 Å². The Hall–Kier alpha value is -1.79. The summed E-state index contributed by atoms with van der Waals surface area (Å²) in [6.07, 6.45) is -0.566. The second-order valence-corrected chi connectivity index (χ2v) is 4.75. The number of carbonyl (C=O) groups is 1. The normalized spacial score (nSPS) is 12.2. The number of nitrogens with one attached hydrogen (secondary N) is 1. The maximum Gasteiger partial charge on any atom is 0.255 e. The molecule has 0 aromatic heterocycles. The van der Waals surface area contributed by atoms with E-state index in [4.69, 9.17) is 15.2 Å². The van der Waals surface area contributed by atoms with Gasteiger partial charge in [0.15, 0.2) is 6.61 Å². The molecule has 0 saturated carbocycles. The van der Waals surface area contributed by atoms with E-state index in [1.807, 2.05) is 13.8 Å². The van der Waals surface area contributed by atoms with Crippen LogP contribution < -0.4 is 20.5 Å². The molecule has 4 N–H and O–H groups in total. The Labute approximate surface area is 118 Å². The number of benzene rings is 1. The van der Waals surface area contributed by atoms with Crippen molar-refractivity contribution < 1.29 is 19.4 Å². The van der Waals surface area contributed by atoms with Crippen molar-refractivity contribution in [2.24, 2.45) is 5.73 Å². The number of aliphatic hydroxyl groups excluding tert-OH is 1. The summed E-state index contributed by atoms with van der Waals surface area (Å²) in [6, 6.07) is 7.10. The third-order valence-corrected chi connectivity index (χ3v) is 2.41. The summed E-state index contributed by atoms with van der Waals surface area (Å²) in [5.74, 6) is 0.643. The largest absolute Gasteiger partial charge is 0.491 e. The standard InChI is InChI=1S/C14H22N2O4/c1-10(2)16-7-11(17)8-19-12-3-5-13(6-4-12)20-9-14(15)18/h3-6,10-11,16-17H,7-9H2,1-2H3,(H2,15,18). The number of ether oxygens (including phenoxy) is 2. The average molecular weight is 282 g/mol. The first kappa shape index (κ1) is 16.3. The van der Waals surface area contributed by atoms with Crippen molar-refractivity contribution in [2.75, 3.05) is 19.8 Å². The molecule has 20 heavy (non-hydrogen) atoms. The van der Waals surface area contributed by atoms with Gasteiger partial charge in [-0.15, -0.1) is 0 Å². The molecule has 0 spiro atoms. The SMILES string of the molecule is CC(C)NCC(O)COc1ccc(OCC(N)=O)cc1. The lowest BCUT2D eigenvalue weighted by molar-refractivity contribution is -0.119. The van der Waals surface area contributed by atoms with Gasteiger partial charge in [-0.3, -0.25) is 4.79 Å². The molecule has 1 aromatic rings. The van der Waals surface area contributed by atoms with Gasteiger partial charge < -0.3 is 25.6 Å². The number of aliphatic hydroxyl groups is 1. The van der Waals surface area contributed by atoms with Crippen molar-refractivity contribution in [1.29, 1.82) is 0 Å². The summed E-state index contributed by atoms with van der Waals surface area (Å²) in [6.45, 7) is 4.56. The second kappa shape index (κ2) is 8.39. The first-order valence-electron chi connectivity index (χ1n) is 6.52. The summed E-state index contributed by atoms with van der Waals surface area (Å²) in [7, 11) is 0. The molecule has 6 nitrogen and oxygen atoms in total. The molecule has 0 aliphatic carbocycles. The number of hydrogen-bond donors (Lipinski definition) is 3. The molecular formula is C14H22N2O4.